The van der Waals surface area contributed by atoms with Gasteiger partial charge in [0.2, 0.25) is 0 Å². The first-order chi connectivity index (χ1) is 12.9. The summed E-state index contributed by atoms with van der Waals surface area (Å²) in [6, 6.07) is 27.2. The molecule has 0 aliphatic carbocycles. The minimum atomic E-state index is 0.918. The van der Waals surface area contributed by atoms with Crippen LogP contribution in [-0.4, -0.2) is 4.98 Å². The average molecular weight is 351 g/mol. The first-order valence-corrected chi connectivity index (χ1v) is 9.39. The van der Waals surface area contributed by atoms with E-state index in [9.17, 15) is 0 Å². The summed E-state index contributed by atoms with van der Waals surface area (Å²) in [6.07, 6.45) is 0. The fourth-order valence-corrected chi connectivity index (χ4v) is 4.70. The van der Waals surface area contributed by atoms with E-state index in [1.165, 1.54) is 10.1 Å². The number of benzene rings is 4. The molecule has 0 aliphatic rings. The number of hydrogen-bond acceptors (Lipinski definition) is 3. The Morgan fingerprint density at radius 1 is 0.769 bits per heavy atom. The molecule has 6 rings (SSSR count). The minimum Gasteiger partial charge on any atom is -0.455 e. The molecule has 3 heteroatoms. The van der Waals surface area contributed by atoms with Crippen LogP contribution in [0, 0.1) is 0 Å². The van der Waals surface area contributed by atoms with Gasteiger partial charge in [0.1, 0.15) is 16.2 Å². The van der Waals surface area contributed by atoms with E-state index in [1.807, 2.05) is 18.2 Å². The van der Waals surface area contributed by atoms with E-state index in [2.05, 4.69) is 60.7 Å². The van der Waals surface area contributed by atoms with Crippen molar-refractivity contribution in [3.05, 3.63) is 78.9 Å². The highest BCUT2D eigenvalue weighted by molar-refractivity contribution is 7.21. The fraction of sp³-hybridized carbons (Fsp3) is 0. The van der Waals surface area contributed by atoms with Crippen LogP contribution < -0.4 is 0 Å². The first-order valence-electron chi connectivity index (χ1n) is 8.57. The highest BCUT2D eigenvalue weighted by Gasteiger charge is 2.18. The van der Waals surface area contributed by atoms with Crippen LogP contribution in [0.25, 0.3) is 53.5 Å². The molecule has 4 aromatic carbocycles. The van der Waals surface area contributed by atoms with E-state index < -0.39 is 0 Å². The number of hydrogen-bond donors (Lipinski definition) is 0. The molecule has 26 heavy (non-hydrogen) atoms. The van der Waals surface area contributed by atoms with Gasteiger partial charge in [-0.3, -0.25) is 0 Å². The summed E-state index contributed by atoms with van der Waals surface area (Å²) in [5.41, 5.74) is 4.05. The third-order valence-corrected chi connectivity index (χ3v) is 5.96. The Hall–Kier alpha value is -3.17. The van der Waals surface area contributed by atoms with Gasteiger partial charge in [-0.1, -0.05) is 54.6 Å². The topological polar surface area (TPSA) is 26.0 Å². The highest BCUT2D eigenvalue weighted by atomic mass is 32.1. The van der Waals surface area contributed by atoms with Crippen LogP contribution in [0.4, 0.5) is 0 Å². The zero-order valence-electron chi connectivity index (χ0n) is 13.8. The lowest BCUT2D eigenvalue weighted by Gasteiger charge is -2.04. The molecule has 0 aliphatic heterocycles. The summed E-state index contributed by atoms with van der Waals surface area (Å²) in [7, 11) is 0. The molecule has 0 spiro atoms. The largest absolute Gasteiger partial charge is 0.455 e. The van der Waals surface area contributed by atoms with Gasteiger partial charge in [0, 0.05) is 21.7 Å². The maximum atomic E-state index is 6.28. The van der Waals surface area contributed by atoms with Gasteiger partial charge in [0.15, 0.2) is 0 Å². The Balaban J connectivity index is 1.83. The average Bonchev–Trinajstić information content (AvgIpc) is 3.29. The number of para-hydroxylation sites is 2. The van der Waals surface area contributed by atoms with Gasteiger partial charge >= 0.3 is 0 Å². The van der Waals surface area contributed by atoms with Crippen LogP contribution in [0.1, 0.15) is 0 Å². The zero-order valence-corrected chi connectivity index (χ0v) is 14.6. The van der Waals surface area contributed by atoms with E-state index in [0.717, 1.165) is 43.4 Å². The number of aromatic nitrogens is 1. The van der Waals surface area contributed by atoms with E-state index >= 15 is 0 Å². The van der Waals surface area contributed by atoms with Crippen molar-refractivity contribution in [1.82, 2.24) is 4.98 Å². The summed E-state index contributed by atoms with van der Waals surface area (Å²) in [4.78, 5) is 4.90. The monoisotopic (exact) mass is 351 g/mol. The molecule has 0 saturated carbocycles. The summed E-state index contributed by atoms with van der Waals surface area (Å²) >= 11 is 1.73. The van der Waals surface area contributed by atoms with Crippen molar-refractivity contribution in [3.63, 3.8) is 0 Å². The number of furan rings is 1. The molecule has 122 valence electrons. The van der Waals surface area contributed by atoms with E-state index in [0.29, 0.717) is 0 Å². The quantitative estimate of drug-likeness (QED) is 0.318. The van der Waals surface area contributed by atoms with E-state index in [1.54, 1.807) is 11.3 Å². The molecule has 0 radical (unpaired) electrons. The smallest absolute Gasteiger partial charge is 0.143 e. The van der Waals surface area contributed by atoms with Crippen molar-refractivity contribution in [1.29, 1.82) is 0 Å². The number of rotatable bonds is 1. The van der Waals surface area contributed by atoms with Crippen LogP contribution in [0.5, 0.6) is 0 Å². The summed E-state index contributed by atoms with van der Waals surface area (Å²) in [5, 5.41) is 5.64. The molecular weight excluding hydrogens is 338 g/mol. The zero-order chi connectivity index (χ0) is 17.1. The Labute approximate surface area is 153 Å². The molecule has 2 heterocycles. The van der Waals surface area contributed by atoms with Gasteiger partial charge in [-0.2, -0.15) is 0 Å². The predicted octanol–water partition coefficient (Wildman–Crippen LogP) is 7.02. The first kappa shape index (κ1) is 14.0. The molecule has 0 fully saturated rings. The second-order valence-corrected chi connectivity index (χ2v) is 7.47. The summed E-state index contributed by atoms with van der Waals surface area (Å²) < 4.78 is 7.48. The fourth-order valence-electron chi connectivity index (χ4n) is 3.72. The Morgan fingerprint density at radius 2 is 1.54 bits per heavy atom. The molecule has 0 unspecified atom stereocenters. The Morgan fingerprint density at radius 3 is 2.46 bits per heavy atom. The van der Waals surface area contributed by atoms with Crippen LogP contribution in [0.2, 0.25) is 0 Å². The molecule has 0 atom stereocenters. The molecular formula is C23H13NOS. The van der Waals surface area contributed by atoms with Crippen molar-refractivity contribution in [2.24, 2.45) is 0 Å². The number of thiazole rings is 1. The second-order valence-electron chi connectivity index (χ2n) is 6.43. The molecule has 0 bridgehead atoms. The van der Waals surface area contributed by atoms with E-state index in [4.69, 9.17) is 9.40 Å². The maximum absolute atomic E-state index is 6.28. The van der Waals surface area contributed by atoms with Gasteiger partial charge in [-0.05, 0) is 29.7 Å². The SMILES string of the molecule is c1ccc2c(c1)cc(-c1nc3ccccc3s1)c1c3ccccc3oc21. The molecule has 0 N–H and O–H groups in total. The van der Waals surface area contributed by atoms with Crippen LogP contribution >= 0.6 is 11.3 Å². The van der Waals surface area contributed by atoms with E-state index in [-0.39, 0.29) is 0 Å². The molecule has 6 aromatic rings. The normalized spacial score (nSPS) is 11.8. The molecule has 0 amide bonds. The lowest BCUT2D eigenvalue weighted by Crippen LogP contribution is -1.81. The summed E-state index contributed by atoms with van der Waals surface area (Å²) in [5.74, 6) is 0. The third kappa shape index (κ3) is 1.89. The van der Waals surface area contributed by atoms with Crippen LogP contribution in [-0.2, 0) is 0 Å². The van der Waals surface area contributed by atoms with Crippen molar-refractivity contribution < 1.29 is 4.42 Å². The van der Waals surface area contributed by atoms with Gasteiger partial charge in [-0.15, -0.1) is 11.3 Å². The standard InChI is InChI=1S/C23H13NOS/c1-2-8-15-14(7-1)13-17(23-24-18-10-4-6-12-20(18)26-23)21-16-9-3-5-11-19(16)25-22(15)21/h1-13H. The molecule has 2 aromatic heterocycles. The molecule has 0 saturated heterocycles. The van der Waals surface area contributed by atoms with Crippen LogP contribution in [0.3, 0.4) is 0 Å². The lowest BCUT2D eigenvalue weighted by atomic mass is 10.0. The van der Waals surface area contributed by atoms with Gasteiger partial charge in [0.25, 0.3) is 0 Å². The molecule has 2 nitrogen and oxygen atoms in total. The minimum absolute atomic E-state index is 0.918. The van der Waals surface area contributed by atoms with Crippen molar-refractivity contribution >= 4 is 54.3 Å². The van der Waals surface area contributed by atoms with Crippen LogP contribution in [0.15, 0.2) is 83.3 Å². The van der Waals surface area contributed by atoms with Gasteiger partial charge < -0.3 is 4.42 Å². The highest BCUT2D eigenvalue weighted by Crippen LogP contribution is 2.42. The third-order valence-electron chi connectivity index (χ3n) is 4.89. The van der Waals surface area contributed by atoms with Crippen molar-refractivity contribution in [2.75, 3.05) is 0 Å². The second kappa shape index (κ2) is 5.16. The Kier molecular flexibility index (Phi) is 2.79. The summed E-state index contributed by atoms with van der Waals surface area (Å²) in [6.45, 7) is 0. The Bertz CT molecular complexity index is 1410. The number of nitrogens with zero attached hydrogens (tertiary/aromatic N) is 1. The van der Waals surface area contributed by atoms with Gasteiger partial charge in [0.05, 0.1) is 10.2 Å². The van der Waals surface area contributed by atoms with Crippen molar-refractivity contribution in [2.45, 2.75) is 0 Å². The van der Waals surface area contributed by atoms with Crippen molar-refractivity contribution in [3.8, 4) is 10.6 Å². The predicted molar refractivity (Wildman–Crippen MR) is 110 cm³/mol. The lowest BCUT2D eigenvalue weighted by molar-refractivity contribution is 0.673. The maximum Gasteiger partial charge on any atom is 0.143 e. The number of fused-ring (bicyclic) bond motifs is 6. The van der Waals surface area contributed by atoms with Gasteiger partial charge in [-0.25, -0.2) is 4.98 Å².